The van der Waals surface area contributed by atoms with Crippen molar-refractivity contribution in [1.29, 1.82) is 0 Å². The molecule has 0 nitrogen and oxygen atoms in total. The van der Waals surface area contributed by atoms with Crippen LogP contribution in [0.1, 0.15) is 13.8 Å². The molecule has 4 aromatic carbocycles. The first kappa shape index (κ1) is 28.9. The third-order valence-corrected chi connectivity index (χ3v) is 11.5. The molecule has 0 saturated carbocycles. The van der Waals surface area contributed by atoms with E-state index in [9.17, 15) is 0 Å². The van der Waals surface area contributed by atoms with Crippen LogP contribution in [0, 0.1) is 5.41 Å². The maximum atomic E-state index is 2.75. The summed E-state index contributed by atoms with van der Waals surface area (Å²) in [7, 11) is -0.794. The van der Waals surface area contributed by atoms with Crippen molar-refractivity contribution in [3.05, 3.63) is 121 Å². The Bertz CT molecular complexity index is 892. The molecule has 180 valence electrons. The molecule has 34 heavy (non-hydrogen) atoms. The van der Waals surface area contributed by atoms with E-state index in [0.717, 1.165) is 0 Å². The van der Waals surface area contributed by atoms with Crippen molar-refractivity contribution in [3.63, 3.8) is 0 Å². The van der Waals surface area contributed by atoms with Crippen LogP contribution in [0.25, 0.3) is 0 Å². The molecule has 4 rings (SSSR count). The average molecular weight is 597 g/mol. The number of hydrogen-bond acceptors (Lipinski definition) is 0. The molecule has 0 aliphatic heterocycles. The third-order valence-electron chi connectivity index (χ3n) is 5.44. The van der Waals surface area contributed by atoms with Crippen molar-refractivity contribution in [2.24, 2.45) is 5.41 Å². The molecule has 4 aromatic rings. The Morgan fingerprint density at radius 2 is 0.676 bits per heavy atom. The van der Waals surface area contributed by atoms with Crippen LogP contribution in [0.3, 0.4) is 0 Å². The largest absolute Gasteiger partial charge is 1.00 e. The first-order chi connectivity index (χ1) is 16.1. The van der Waals surface area contributed by atoms with E-state index in [1.54, 1.807) is 0 Å². The summed E-state index contributed by atoms with van der Waals surface area (Å²) in [6.45, 7) is 4.94. The maximum Gasteiger partial charge on any atom is -1.00 e. The molecule has 0 aromatic heterocycles. The molecule has 0 aliphatic rings. The van der Waals surface area contributed by atoms with Crippen LogP contribution in [0.15, 0.2) is 121 Å². The van der Waals surface area contributed by atoms with Gasteiger partial charge in [-0.3, -0.25) is 0 Å². The number of benzene rings is 4. The molecular formula is C30H33ClP2Pd. The van der Waals surface area contributed by atoms with Gasteiger partial charge in [-0.25, -0.2) is 0 Å². The molecule has 0 atom stereocenters. The van der Waals surface area contributed by atoms with E-state index in [-0.39, 0.29) is 17.8 Å². The second kappa shape index (κ2) is 14.9. The summed E-state index contributed by atoms with van der Waals surface area (Å²) in [6.07, 6.45) is 2.38. The summed E-state index contributed by atoms with van der Waals surface area (Å²) in [5.74, 6) is 0. The normalized spacial score (nSPS) is 10.9. The molecule has 0 spiro atoms. The van der Waals surface area contributed by atoms with Gasteiger partial charge in [0.1, 0.15) is 0 Å². The Labute approximate surface area is 225 Å². The average Bonchev–Trinajstić information content (AvgIpc) is 2.89. The minimum Gasteiger partial charge on any atom is -1.00 e. The summed E-state index contributed by atoms with van der Waals surface area (Å²) in [4.78, 5) is 0. The van der Waals surface area contributed by atoms with Gasteiger partial charge in [0.15, 0.2) is 0 Å². The van der Waals surface area contributed by atoms with E-state index >= 15 is 0 Å². The molecule has 0 radical (unpaired) electrons. The Morgan fingerprint density at radius 3 is 0.882 bits per heavy atom. The third kappa shape index (κ3) is 8.42. The zero-order valence-electron chi connectivity index (χ0n) is 20.0. The van der Waals surface area contributed by atoms with E-state index in [1.807, 2.05) is 5.40 Å². The van der Waals surface area contributed by atoms with Crippen LogP contribution in [0.2, 0.25) is 5.40 Å². The standard InChI is InChI=1S/C29H30P2.CH3.ClH.Pd/c1-29(2,23-30(25-15-7-3-8-16-25)26-17-9-4-10-18-26)24-31(27-19-11-5-12-20-27)28-21-13-6-14-22-28;;;/h3-22H,23-24H2,1-2H3;1H3;1H;/q;;;+1/p-1. The number of halogens is 1. The molecule has 0 unspecified atom stereocenters. The predicted molar refractivity (Wildman–Crippen MR) is 148 cm³/mol. The van der Waals surface area contributed by atoms with Gasteiger partial charge >= 0.3 is 24.6 Å². The van der Waals surface area contributed by atoms with Crippen LogP contribution in [-0.4, -0.2) is 12.3 Å². The van der Waals surface area contributed by atoms with E-state index < -0.39 is 15.8 Å². The molecule has 0 saturated heterocycles. The first-order valence-electron chi connectivity index (χ1n) is 11.2. The quantitative estimate of drug-likeness (QED) is 0.214. The van der Waals surface area contributed by atoms with E-state index in [2.05, 4.69) is 154 Å². The number of hydrogen-bond donors (Lipinski definition) is 0. The van der Waals surface area contributed by atoms with Gasteiger partial charge in [0.25, 0.3) is 0 Å². The minimum absolute atomic E-state index is 0. The van der Waals surface area contributed by atoms with Gasteiger partial charge in [-0.15, -0.1) is 0 Å². The van der Waals surface area contributed by atoms with Gasteiger partial charge in [0.05, 0.1) is 0 Å². The maximum absolute atomic E-state index is 2.75. The molecule has 0 aliphatic carbocycles. The smallest absolute Gasteiger partial charge is 1.00 e. The molecular weight excluding hydrogens is 564 g/mol. The van der Waals surface area contributed by atoms with E-state index in [1.165, 1.54) is 33.5 Å². The monoisotopic (exact) mass is 596 g/mol. The molecule has 0 bridgehead atoms. The molecule has 0 N–H and O–H groups in total. The minimum atomic E-state index is -0.397. The fraction of sp³-hybridized carbons (Fsp3) is 0.200. The van der Waals surface area contributed by atoms with Gasteiger partial charge in [-0.2, -0.15) is 0 Å². The Kier molecular flexibility index (Phi) is 12.7. The van der Waals surface area contributed by atoms with E-state index in [4.69, 9.17) is 0 Å². The first-order valence-corrected chi connectivity index (χ1v) is 15.8. The molecule has 0 heterocycles. The van der Waals surface area contributed by atoms with Crippen molar-refractivity contribution in [3.8, 4) is 0 Å². The molecule has 0 amide bonds. The van der Waals surface area contributed by atoms with Crippen molar-refractivity contribution in [1.82, 2.24) is 0 Å². The van der Waals surface area contributed by atoms with E-state index in [0.29, 0.717) is 0 Å². The molecule has 4 heteroatoms. The number of rotatable bonds is 8. The van der Waals surface area contributed by atoms with Crippen molar-refractivity contribution < 1.29 is 31.6 Å². The van der Waals surface area contributed by atoms with Gasteiger partial charge in [-0.1, -0.05) is 135 Å². The summed E-state index contributed by atoms with van der Waals surface area (Å²) in [5.41, 5.74) is 0.217. The van der Waals surface area contributed by atoms with Gasteiger partial charge in [0.2, 0.25) is 0 Å². The van der Waals surface area contributed by atoms with Gasteiger partial charge in [0, 0.05) is 0 Å². The SMILES string of the molecule is CC(C)(CP(c1ccccc1)c1ccccc1)CP(c1ccccc1)c1ccccc1.[CH3][Pd+].[Cl-]. The zero-order chi connectivity index (χ0) is 23.5. The molecule has 0 fully saturated rings. The van der Waals surface area contributed by atoms with Gasteiger partial charge in [-0.05, 0) is 54.8 Å². The zero-order valence-corrected chi connectivity index (χ0v) is 24.1. The van der Waals surface area contributed by atoms with Gasteiger partial charge < -0.3 is 12.4 Å². The van der Waals surface area contributed by atoms with Crippen LogP contribution >= 0.6 is 15.8 Å². The predicted octanol–water partition coefficient (Wildman–Crippen LogP) is 3.86. The Hall–Kier alpha value is -1.31. The van der Waals surface area contributed by atoms with Crippen LogP contribution in [0.5, 0.6) is 0 Å². The summed E-state index contributed by atoms with van der Waals surface area (Å²) < 4.78 is 0. The second-order valence-electron chi connectivity index (χ2n) is 8.68. The summed E-state index contributed by atoms with van der Waals surface area (Å²) in [6, 6.07) is 44.4. The Morgan fingerprint density at radius 1 is 0.471 bits per heavy atom. The Balaban J connectivity index is 0.00000133. The second-order valence-corrected chi connectivity index (χ2v) is 13.1. The van der Waals surface area contributed by atoms with Crippen molar-refractivity contribution >= 4 is 37.1 Å². The van der Waals surface area contributed by atoms with Crippen LogP contribution in [0.4, 0.5) is 0 Å². The fourth-order valence-electron chi connectivity index (χ4n) is 4.00. The van der Waals surface area contributed by atoms with Crippen LogP contribution in [-0.2, 0) is 19.2 Å². The van der Waals surface area contributed by atoms with Crippen molar-refractivity contribution in [2.45, 2.75) is 19.2 Å². The summed E-state index contributed by atoms with van der Waals surface area (Å²) >= 11 is 2.75. The van der Waals surface area contributed by atoms with Crippen molar-refractivity contribution in [2.75, 3.05) is 12.3 Å². The van der Waals surface area contributed by atoms with Crippen LogP contribution < -0.4 is 33.6 Å². The summed E-state index contributed by atoms with van der Waals surface area (Å²) in [5, 5.41) is 7.74. The fourth-order valence-corrected chi connectivity index (χ4v) is 9.57. The topological polar surface area (TPSA) is 0 Å².